The van der Waals surface area contributed by atoms with Gasteiger partial charge in [-0.05, 0) is 45.0 Å². The Morgan fingerprint density at radius 1 is 1.15 bits per heavy atom. The van der Waals surface area contributed by atoms with Crippen molar-refractivity contribution in [2.75, 3.05) is 13.4 Å². The molecule has 0 radical (unpaired) electrons. The largest absolute Gasteiger partial charge is 0.609 e. The molecule has 1 aromatic carbocycles. The van der Waals surface area contributed by atoms with Crippen molar-refractivity contribution in [2.45, 2.75) is 32.0 Å². The Morgan fingerprint density at radius 2 is 1.97 bits per heavy atom. The molecule has 168 valence electrons. The van der Waals surface area contributed by atoms with Crippen LogP contribution < -0.4 is 4.74 Å². The molecular formula is C24H23N5O3S. The van der Waals surface area contributed by atoms with Crippen molar-refractivity contribution in [3.05, 3.63) is 59.9 Å². The lowest BCUT2D eigenvalue weighted by atomic mass is 10.0. The van der Waals surface area contributed by atoms with Crippen LogP contribution in [0.1, 0.15) is 30.1 Å². The summed E-state index contributed by atoms with van der Waals surface area (Å²) in [5, 5.41) is 5.42. The van der Waals surface area contributed by atoms with Crippen LogP contribution in [0.15, 0.2) is 52.4 Å². The van der Waals surface area contributed by atoms with Gasteiger partial charge in [0.15, 0.2) is 0 Å². The van der Waals surface area contributed by atoms with E-state index in [1.165, 1.54) is 0 Å². The number of methoxy groups -OCH3 is 1. The highest BCUT2D eigenvalue weighted by Gasteiger charge is 2.27. The minimum atomic E-state index is -1.31. The number of benzene rings is 1. The molecule has 0 N–H and O–H groups in total. The highest BCUT2D eigenvalue weighted by Crippen LogP contribution is 2.40. The smallest absolute Gasteiger partial charge is 0.324 e. The molecule has 0 saturated carbocycles. The van der Waals surface area contributed by atoms with Crippen molar-refractivity contribution < 1.29 is 13.8 Å². The van der Waals surface area contributed by atoms with E-state index in [0.29, 0.717) is 22.2 Å². The van der Waals surface area contributed by atoms with Crippen LogP contribution in [-0.4, -0.2) is 42.6 Å². The Kier molecular flexibility index (Phi) is 5.30. The third-order valence-corrected chi connectivity index (χ3v) is 6.67. The number of fused-ring (bicyclic) bond motifs is 3. The van der Waals surface area contributed by atoms with Gasteiger partial charge in [-0.2, -0.15) is 4.98 Å². The molecule has 4 heterocycles. The molecule has 1 unspecified atom stereocenters. The molecule has 0 aliphatic heterocycles. The Bertz CT molecular complexity index is 1460. The van der Waals surface area contributed by atoms with Crippen LogP contribution in [0.25, 0.3) is 33.1 Å². The summed E-state index contributed by atoms with van der Waals surface area (Å²) in [5.74, 6) is 1.38. The Morgan fingerprint density at radius 3 is 2.61 bits per heavy atom. The molecule has 0 saturated heterocycles. The first-order valence-corrected chi connectivity index (χ1v) is 12.0. The van der Waals surface area contributed by atoms with Crippen LogP contribution in [-0.2, 0) is 11.2 Å². The van der Waals surface area contributed by atoms with Crippen LogP contribution >= 0.6 is 0 Å². The van der Waals surface area contributed by atoms with Gasteiger partial charge in [0.05, 0.1) is 47.3 Å². The van der Waals surface area contributed by atoms with E-state index in [1.807, 2.05) is 55.7 Å². The first-order chi connectivity index (χ1) is 15.9. The third kappa shape index (κ3) is 3.44. The molecule has 0 bridgehead atoms. The molecule has 4 aromatic heterocycles. The summed E-state index contributed by atoms with van der Waals surface area (Å²) >= 11 is -1.31. The third-order valence-electron chi connectivity index (χ3n) is 5.87. The van der Waals surface area contributed by atoms with Gasteiger partial charge in [0.1, 0.15) is 23.3 Å². The molecule has 2 atom stereocenters. The van der Waals surface area contributed by atoms with Crippen LogP contribution in [0.4, 0.5) is 0 Å². The fraction of sp³-hybridized carbons (Fsp3) is 0.250. The zero-order valence-corrected chi connectivity index (χ0v) is 19.8. The quantitative estimate of drug-likeness (QED) is 0.352. The van der Waals surface area contributed by atoms with Crippen molar-refractivity contribution in [3.8, 4) is 16.9 Å². The maximum atomic E-state index is 12.7. The number of imidazole rings is 1. The van der Waals surface area contributed by atoms with Crippen molar-refractivity contribution >= 4 is 33.1 Å². The maximum Gasteiger partial charge on any atom is 0.324 e. The first-order valence-electron chi connectivity index (χ1n) is 10.5. The van der Waals surface area contributed by atoms with Gasteiger partial charge in [0, 0.05) is 28.3 Å². The lowest BCUT2D eigenvalue weighted by molar-refractivity contribution is 0.393. The van der Waals surface area contributed by atoms with E-state index in [1.54, 1.807) is 25.8 Å². The summed E-state index contributed by atoms with van der Waals surface area (Å²) in [6, 6.07) is 9.52. The van der Waals surface area contributed by atoms with Crippen LogP contribution in [0.2, 0.25) is 0 Å². The normalized spacial score (nSPS) is 13.5. The molecule has 0 amide bonds. The van der Waals surface area contributed by atoms with Crippen LogP contribution in [0, 0.1) is 13.8 Å². The number of pyridine rings is 2. The van der Waals surface area contributed by atoms with E-state index in [0.717, 1.165) is 38.9 Å². The van der Waals surface area contributed by atoms with Crippen molar-refractivity contribution in [2.24, 2.45) is 0 Å². The van der Waals surface area contributed by atoms with E-state index < -0.39 is 11.2 Å². The predicted octanol–water partition coefficient (Wildman–Crippen LogP) is 4.61. The number of nitrogens with zero attached hydrogens (tertiary/aromatic N) is 5. The summed E-state index contributed by atoms with van der Waals surface area (Å²) in [6.07, 6.45) is 5.11. The van der Waals surface area contributed by atoms with Crippen molar-refractivity contribution in [3.63, 3.8) is 0 Å². The number of aryl methyl sites for hydroxylation is 2. The molecule has 9 heteroatoms. The highest BCUT2D eigenvalue weighted by molar-refractivity contribution is 7.90. The first kappa shape index (κ1) is 21.4. The Labute approximate surface area is 193 Å². The summed E-state index contributed by atoms with van der Waals surface area (Å²) in [6.45, 7) is 5.81. The van der Waals surface area contributed by atoms with Gasteiger partial charge in [-0.15, -0.1) is 0 Å². The van der Waals surface area contributed by atoms with Gasteiger partial charge in [0.2, 0.25) is 0 Å². The van der Waals surface area contributed by atoms with Crippen molar-refractivity contribution in [1.82, 2.24) is 24.7 Å². The molecule has 0 aliphatic carbocycles. The SMILES string of the molecule is COc1cc2c(cc1-c1c(C)noc1C)ncc1nc([S+](C)[O-])n([C@H](C)c3ccccn3)c12. The van der Waals surface area contributed by atoms with E-state index in [-0.39, 0.29) is 6.04 Å². The van der Waals surface area contributed by atoms with Gasteiger partial charge in [-0.1, -0.05) is 11.2 Å². The summed E-state index contributed by atoms with van der Waals surface area (Å²) in [5.41, 5.74) is 5.66. The topological polar surface area (TPSA) is 102 Å². The molecule has 5 rings (SSSR count). The zero-order chi connectivity index (χ0) is 23.3. The van der Waals surface area contributed by atoms with Crippen LogP contribution in [0.5, 0.6) is 5.75 Å². The fourth-order valence-electron chi connectivity index (χ4n) is 4.33. The van der Waals surface area contributed by atoms with Gasteiger partial charge < -0.3 is 13.8 Å². The molecule has 0 fully saturated rings. The summed E-state index contributed by atoms with van der Waals surface area (Å²) in [4.78, 5) is 13.9. The number of rotatable bonds is 5. The van der Waals surface area contributed by atoms with Crippen LogP contribution in [0.3, 0.4) is 0 Å². The second-order valence-electron chi connectivity index (χ2n) is 7.91. The minimum absolute atomic E-state index is 0.186. The number of ether oxygens (including phenoxy) is 1. The maximum absolute atomic E-state index is 12.7. The second kappa shape index (κ2) is 8.17. The average Bonchev–Trinajstić information content (AvgIpc) is 3.38. The summed E-state index contributed by atoms with van der Waals surface area (Å²) in [7, 11) is 1.64. The minimum Gasteiger partial charge on any atom is -0.609 e. The molecule has 0 aliphatic rings. The number of hydrogen-bond donors (Lipinski definition) is 0. The van der Waals surface area contributed by atoms with Gasteiger partial charge >= 0.3 is 5.16 Å². The van der Waals surface area contributed by atoms with Gasteiger partial charge in [-0.25, -0.2) is 0 Å². The molecule has 5 aromatic rings. The fourth-order valence-corrected chi connectivity index (χ4v) is 5.08. The van der Waals surface area contributed by atoms with Gasteiger partial charge in [-0.3, -0.25) is 14.5 Å². The van der Waals surface area contributed by atoms with E-state index in [2.05, 4.69) is 20.1 Å². The number of hydrogen-bond acceptors (Lipinski definition) is 7. The zero-order valence-electron chi connectivity index (χ0n) is 19.0. The van der Waals surface area contributed by atoms with E-state index >= 15 is 0 Å². The number of aromatic nitrogens is 5. The lowest BCUT2D eigenvalue weighted by Crippen LogP contribution is -2.15. The van der Waals surface area contributed by atoms with Crippen molar-refractivity contribution in [1.29, 1.82) is 0 Å². The average molecular weight is 462 g/mol. The van der Waals surface area contributed by atoms with E-state index in [4.69, 9.17) is 9.26 Å². The Balaban J connectivity index is 1.84. The van der Waals surface area contributed by atoms with E-state index in [9.17, 15) is 4.55 Å². The predicted molar refractivity (Wildman–Crippen MR) is 127 cm³/mol. The molecule has 8 nitrogen and oxygen atoms in total. The highest BCUT2D eigenvalue weighted by atomic mass is 32.2. The molecular weight excluding hydrogens is 438 g/mol. The standard InChI is InChI=1S/C24H23N5O3S/c1-13-22(15(3)32-28-13)17-10-19-16(11-21(17)31-4)23-20(12-26-19)27-24(33(5)30)29(23)14(2)18-8-6-7-9-25-18/h6-12,14H,1-5H3/t14-,33?/m1/s1. The monoisotopic (exact) mass is 461 g/mol. The second-order valence-corrected chi connectivity index (χ2v) is 9.18. The lowest BCUT2D eigenvalue weighted by Gasteiger charge is -2.18. The van der Waals surface area contributed by atoms with Gasteiger partial charge in [0.25, 0.3) is 0 Å². The molecule has 0 spiro atoms. The Hall–Kier alpha value is -3.43. The molecule has 33 heavy (non-hydrogen) atoms. The summed E-state index contributed by atoms with van der Waals surface area (Å²) < 4.78 is 25.8.